The van der Waals surface area contributed by atoms with Gasteiger partial charge in [-0.15, -0.1) is 11.6 Å². The van der Waals surface area contributed by atoms with Gasteiger partial charge >= 0.3 is 0 Å². The van der Waals surface area contributed by atoms with Crippen molar-refractivity contribution in [3.63, 3.8) is 0 Å². The van der Waals surface area contributed by atoms with Gasteiger partial charge in [0.2, 0.25) is 0 Å². The summed E-state index contributed by atoms with van der Waals surface area (Å²) in [5, 5.41) is 5.44. The van der Waals surface area contributed by atoms with E-state index in [1.165, 1.54) is 12.8 Å². The summed E-state index contributed by atoms with van der Waals surface area (Å²) >= 11 is 12.3. The fourth-order valence-corrected chi connectivity index (χ4v) is 2.82. The van der Waals surface area contributed by atoms with Crippen LogP contribution in [0.2, 0.25) is 5.15 Å². The fraction of sp³-hybridized carbons (Fsp3) is 0.750. The van der Waals surface area contributed by atoms with Crippen LogP contribution in [-0.2, 0) is 5.88 Å². The highest BCUT2D eigenvalue weighted by Crippen LogP contribution is 2.43. The van der Waals surface area contributed by atoms with Crippen LogP contribution in [0.25, 0.3) is 0 Å². The molecule has 4 heteroatoms. The molecule has 1 heterocycles. The van der Waals surface area contributed by atoms with Crippen molar-refractivity contribution in [1.82, 2.24) is 9.78 Å². The highest BCUT2D eigenvalue weighted by Gasteiger charge is 2.31. The van der Waals surface area contributed by atoms with Gasteiger partial charge in [-0.1, -0.05) is 25.4 Å². The minimum Gasteiger partial charge on any atom is -0.250 e. The van der Waals surface area contributed by atoms with Crippen molar-refractivity contribution in [3.05, 3.63) is 16.4 Å². The molecule has 2 rings (SSSR count). The van der Waals surface area contributed by atoms with E-state index in [0.29, 0.717) is 17.8 Å². The van der Waals surface area contributed by atoms with E-state index in [1.54, 1.807) is 0 Å². The number of hydrogen-bond donors (Lipinski definition) is 0. The van der Waals surface area contributed by atoms with Crippen molar-refractivity contribution in [1.29, 1.82) is 0 Å². The molecule has 0 aliphatic heterocycles. The van der Waals surface area contributed by atoms with E-state index in [4.69, 9.17) is 23.2 Å². The average Bonchev–Trinajstić information content (AvgIpc) is 3.07. The zero-order valence-corrected chi connectivity index (χ0v) is 11.4. The highest BCUT2D eigenvalue weighted by molar-refractivity contribution is 6.31. The molecular weight excluding hydrogens is 243 g/mol. The molecular formula is C12H18Cl2N2. The minimum absolute atomic E-state index is 0.405. The Labute approximate surface area is 107 Å². The van der Waals surface area contributed by atoms with Crippen molar-refractivity contribution in [2.24, 2.45) is 0 Å². The van der Waals surface area contributed by atoms with E-state index in [2.05, 4.69) is 18.9 Å². The van der Waals surface area contributed by atoms with Gasteiger partial charge in [-0.3, -0.25) is 4.68 Å². The van der Waals surface area contributed by atoms with Crippen molar-refractivity contribution in [2.45, 2.75) is 57.4 Å². The maximum Gasteiger partial charge on any atom is 0.132 e. The largest absolute Gasteiger partial charge is 0.250 e. The molecule has 90 valence electrons. The van der Waals surface area contributed by atoms with Crippen LogP contribution in [0.15, 0.2) is 0 Å². The van der Waals surface area contributed by atoms with E-state index < -0.39 is 0 Å². The van der Waals surface area contributed by atoms with Gasteiger partial charge in [-0.25, -0.2) is 0 Å². The van der Waals surface area contributed by atoms with Crippen molar-refractivity contribution < 1.29 is 0 Å². The van der Waals surface area contributed by atoms with Crippen molar-refractivity contribution in [3.8, 4) is 0 Å². The third kappa shape index (κ3) is 2.10. The maximum atomic E-state index is 6.37. The highest BCUT2D eigenvalue weighted by atomic mass is 35.5. The lowest BCUT2D eigenvalue weighted by Gasteiger charge is -2.14. The summed E-state index contributed by atoms with van der Waals surface area (Å²) < 4.78 is 1.98. The molecule has 0 unspecified atom stereocenters. The summed E-state index contributed by atoms with van der Waals surface area (Å²) in [6.45, 7) is 4.34. The van der Waals surface area contributed by atoms with Crippen LogP contribution in [-0.4, -0.2) is 9.78 Å². The molecule has 1 aromatic rings. The predicted molar refractivity (Wildman–Crippen MR) is 68.4 cm³/mol. The molecule has 0 aromatic carbocycles. The first-order valence-electron chi connectivity index (χ1n) is 6.05. The molecule has 2 nitrogen and oxygen atoms in total. The quantitative estimate of drug-likeness (QED) is 0.713. The van der Waals surface area contributed by atoms with Gasteiger partial charge in [0.1, 0.15) is 5.15 Å². The standard InChI is InChI=1S/C12H18Cl2N2/c1-3-9(4-2)16-12(14)10(7-13)11(15-16)8-5-6-8/h8-9H,3-7H2,1-2H3. The normalized spacial score (nSPS) is 16.1. The fourth-order valence-electron chi connectivity index (χ4n) is 2.15. The minimum atomic E-state index is 0.405. The van der Waals surface area contributed by atoms with Crippen molar-refractivity contribution >= 4 is 23.2 Å². The van der Waals surface area contributed by atoms with Crippen LogP contribution >= 0.6 is 23.2 Å². The molecule has 0 radical (unpaired) electrons. The number of alkyl halides is 1. The molecule has 16 heavy (non-hydrogen) atoms. The lowest BCUT2D eigenvalue weighted by molar-refractivity contribution is 0.426. The van der Waals surface area contributed by atoms with Crippen LogP contribution in [0.4, 0.5) is 0 Å². The van der Waals surface area contributed by atoms with Crippen LogP contribution in [0.5, 0.6) is 0 Å². The van der Waals surface area contributed by atoms with Gasteiger partial charge in [-0.2, -0.15) is 5.10 Å². The van der Waals surface area contributed by atoms with Crippen LogP contribution < -0.4 is 0 Å². The molecule has 0 bridgehead atoms. The first kappa shape index (κ1) is 12.3. The first-order valence-corrected chi connectivity index (χ1v) is 6.96. The number of halogens is 2. The lowest BCUT2D eigenvalue weighted by atomic mass is 10.2. The Morgan fingerprint density at radius 3 is 2.44 bits per heavy atom. The van der Waals surface area contributed by atoms with Gasteiger partial charge in [0.15, 0.2) is 0 Å². The average molecular weight is 261 g/mol. The molecule has 0 atom stereocenters. The molecule has 0 amide bonds. The van der Waals surface area contributed by atoms with E-state index in [9.17, 15) is 0 Å². The third-order valence-corrected chi connectivity index (χ3v) is 4.03. The molecule has 0 spiro atoms. The summed E-state index contributed by atoms with van der Waals surface area (Å²) in [7, 11) is 0. The van der Waals surface area contributed by atoms with E-state index in [0.717, 1.165) is 29.3 Å². The Morgan fingerprint density at radius 2 is 2.00 bits per heavy atom. The third-order valence-electron chi connectivity index (χ3n) is 3.36. The Morgan fingerprint density at radius 1 is 1.38 bits per heavy atom. The summed E-state index contributed by atoms with van der Waals surface area (Å²) in [6, 6.07) is 0.405. The Hall–Kier alpha value is -0.210. The maximum absolute atomic E-state index is 6.37. The molecule has 0 N–H and O–H groups in total. The van der Waals surface area contributed by atoms with Gasteiger partial charge in [0.25, 0.3) is 0 Å². The Balaban J connectivity index is 2.38. The number of hydrogen-bond acceptors (Lipinski definition) is 1. The van der Waals surface area contributed by atoms with Crippen molar-refractivity contribution in [2.75, 3.05) is 0 Å². The summed E-state index contributed by atoms with van der Waals surface area (Å²) in [5.74, 6) is 1.09. The topological polar surface area (TPSA) is 17.8 Å². The van der Waals surface area contributed by atoms with Gasteiger partial charge in [-0.05, 0) is 25.7 Å². The zero-order chi connectivity index (χ0) is 11.7. The Kier molecular flexibility index (Phi) is 3.81. The number of nitrogens with zero attached hydrogens (tertiary/aromatic N) is 2. The Bertz CT molecular complexity index is 365. The second-order valence-corrected chi connectivity index (χ2v) is 5.10. The van der Waals surface area contributed by atoms with E-state index >= 15 is 0 Å². The molecule has 1 saturated carbocycles. The smallest absolute Gasteiger partial charge is 0.132 e. The molecule has 1 aliphatic rings. The van der Waals surface area contributed by atoms with Gasteiger partial charge in [0, 0.05) is 11.5 Å². The second kappa shape index (κ2) is 4.97. The summed E-state index contributed by atoms with van der Waals surface area (Å²) in [5.41, 5.74) is 2.20. The SMILES string of the molecule is CCC(CC)n1nc(C2CC2)c(CCl)c1Cl. The molecule has 1 fully saturated rings. The summed E-state index contributed by atoms with van der Waals surface area (Å²) in [4.78, 5) is 0. The summed E-state index contributed by atoms with van der Waals surface area (Å²) in [6.07, 6.45) is 4.59. The van der Waals surface area contributed by atoms with Crippen LogP contribution in [0.3, 0.4) is 0 Å². The zero-order valence-electron chi connectivity index (χ0n) is 9.84. The number of aromatic nitrogens is 2. The first-order chi connectivity index (χ1) is 7.72. The molecule has 0 saturated heterocycles. The van der Waals surface area contributed by atoms with E-state index in [1.807, 2.05) is 4.68 Å². The molecule has 1 aliphatic carbocycles. The van der Waals surface area contributed by atoms with Crippen LogP contribution in [0, 0.1) is 0 Å². The number of rotatable bonds is 5. The van der Waals surface area contributed by atoms with Gasteiger partial charge in [0.05, 0.1) is 17.6 Å². The second-order valence-electron chi connectivity index (χ2n) is 4.48. The predicted octanol–water partition coefficient (Wildman–Crippen LogP) is 4.51. The van der Waals surface area contributed by atoms with Crippen LogP contribution in [0.1, 0.15) is 62.7 Å². The van der Waals surface area contributed by atoms with E-state index in [-0.39, 0.29) is 0 Å². The molecule has 1 aromatic heterocycles. The van der Waals surface area contributed by atoms with Gasteiger partial charge < -0.3 is 0 Å². The lowest BCUT2D eigenvalue weighted by Crippen LogP contribution is -2.09. The monoisotopic (exact) mass is 260 g/mol.